The van der Waals surface area contributed by atoms with Gasteiger partial charge in [0, 0.05) is 12.8 Å². The fraction of sp³-hybridized carbons (Fsp3) is 0.250. The molecule has 0 atom stereocenters. The van der Waals surface area contributed by atoms with Crippen LogP contribution in [0.4, 0.5) is 0 Å². The summed E-state index contributed by atoms with van der Waals surface area (Å²) in [7, 11) is 0. The molecule has 2 amide bonds. The van der Waals surface area contributed by atoms with Gasteiger partial charge < -0.3 is 8.83 Å². The average molecular weight is 582 g/mol. The molecule has 2 N–H and O–H groups in total. The van der Waals surface area contributed by atoms with Gasteiger partial charge in [0.2, 0.25) is 11.8 Å². The summed E-state index contributed by atoms with van der Waals surface area (Å²) in [5, 5.41) is 7.62. The van der Waals surface area contributed by atoms with Crippen LogP contribution < -0.4 is 10.9 Å². The fourth-order valence-corrected chi connectivity index (χ4v) is 2.68. The number of amides is 2. The number of hydrogen-bond acceptors (Lipinski definition) is 6. The number of nitrogens with zero attached hydrogens (tertiary/aromatic N) is 2. The molecule has 10 heteroatoms. The van der Waals surface area contributed by atoms with E-state index in [4.69, 9.17) is 8.83 Å². The van der Waals surface area contributed by atoms with E-state index in [0.29, 0.717) is 24.4 Å². The number of rotatable bonds is 9. The number of halogens is 2. The Morgan fingerprint density at radius 1 is 0.846 bits per heavy atom. The normalized spacial score (nSPS) is 11.3. The monoisotopic (exact) mass is 582 g/mol. The maximum absolute atomic E-state index is 11.6. The standard InChI is InChI=1S/C16H16I2N4O4/c17-13-7-5-11(25-13)9-19-21-15(23)3-1-2-4-16(24)22-20-10-12-6-8-14(18)26-12/h5-10H,1-4H2,(H,21,23)(H,22,24)/b19-9-,20-10-. The third-order valence-electron chi connectivity index (χ3n) is 3.01. The number of unbranched alkanes of at least 4 members (excludes halogenated alkanes) is 1. The molecule has 0 saturated heterocycles. The summed E-state index contributed by atoms with van der Waals surface area (Å²) in [6.07, 6.45) is 4.60. The van der Waals surface area contributed by atoms with Crippen molar-refractivity contribution in [1.29, 1.82) is 0 Å². The van der Waals surface area contributed by atoms with Gasteiger partial charge in [-0.3, -0.25) is 9.59 Å². The van der Waals surface area contributed by atoms with Crippen LogP contribution in [-0.4, -0.2) is 24.2 Å². The van der Waals surface area contributed by atoms with E-state index in [2.05, 4.69) is 21.1 Å². The number of nitrogens with one attached hydrogen (secondary N) is 2. The van der Waals surface area contributed by atoms with Crippen molar-refractivity contribution in [2.75, 3.05) is 0 Å². The molecule has 0 bridgehead atoms. The minimum Gasteiger partial charge on any atom is -0.449 e. The van der Waals surface area contributed by atoms with E-state index in [1.165, 1.54) is 12.4 Å². The highest BCUT2D eigenvalue weighted by atomic mass is 127. The van der Waals surface area contributed by atoms with Gasteiger partial charge in [-0.2, -0.15) is 10.2 Å². The lowest BCUT2D eigenvalue weighted by atomic mass is 10.2. The first-order chi connectivity index (χ1) is 12.5. The maximum Gasteiger partial charge on any atom is 0.240 e. The number of hydrazone groups is 2. The molecule has 26 heavy (non-hydrogen) atoms. The van der Waals surface area contributed by atoms with Crippen LogP contribution in [0.25, 0.3) is 0 Å². The fourth-order valence-electron chi connectivity index (χ4n) is 1.81. The average Bonchev–Trinajstić information content (AvgIpc) is 3.20. The van der Waals surface area contributed by atoms with E-state index < -0.39 is 0 Å². The number of carbonyl (C=O) groups excluding carboxylic acids is 2. The van der Waals surface area contributed by atoms with Crippen molar-refractivity contribution < 1.29 is 18.4 Å². The molecule has 0 aromatic carbocycles. The van der Waals surface area contributed by atoms with Crippen LogP contribution in [-0.2, 0) is 9.59 Å². The van der Waals surface area contributed by atoms with Gasteiger partial charge in [-0.1, -0.05) is 0 Å². The Balaban J connectivity index is 1.54. The molecule has 2 aromatic rings. The Bertz CT molecular complexity index is 732. The Hall–Kier alpha value is -1.70. The van der Waals surface area contributed by atoms with E-state index in [1.54, 1.807) is 24.3 Å². The van der Waals surface area contributed by atoms with Crippen molar-refractivity contribution in [2.24, 2.45) is 10.2 Å². The Labute approximate surface area is 177 Å². The molecule has 0 aliphatic rings. The molecule has 0 fully saturated rings. The van der Waals surface area contributed by atoms with Gasteiger partial charge in [0.05, 0.1) is 12.4 Å². The smallest absolute Gasteiger partial charge is 0.240 e. The zero-order valence-corrected chi connectivity index (χ0v) is 17.9. The highest BCUT2D eigenvalue weighted by Gasteiger charge is 2.03. The molecule has 0 aliphatic carbocycles. The number of furan rings is 2. The molecule has 0 aliphatic heterocycles. The molecular weight excluding hydrogens is 566 g/mol. The molecule has 0 radical (unpaired) electrons. The van der Waals surface area contributed by atoms with Gasteiger partial charge >= 0.3 is 0 Å². The summed E-state index contributed by atoms with van der Waals surface area (Å²) in [4.78, 5) is 23.2. The zero-order valence-electron chi connectivity index (χ0n) is 13.6. The molecule has 2 heterocycles. The lowest BCUT2D eigenvalue weighted by molar-refractivity contribution is -0.123. The Kier molecular flexibility index (Phi) is 8.80. The van der Waals surface area contributed by atoms with Crippen LogP contribution in [0.5, 0.6) is 0 Å². The summed E-state index contributed by atoms with van der Waals surface area (Å²) < 4.78 is 12.0. The van der Waals surface area contributed by atoms with Crippen LogP contribution in [0.15, 0.2) is 43.3 Å². The predicted octanol–water partition coefficient (Wildman–Crippen LogP) is 3.24. The third kappa shape index (κ3) is 8.12. The second kappa shape index (κ2) is 11.1. The molecule has 0 unspecified atom stereocenters. The van der Waals surface area contributed by atoms with Gasteiger partial charge in [0.25, 0.3) is 0 Å². The summed E-state index contributed by atoms with van der Waals surface area (Å²) >= 11 is 4.09. The zero-order chi connectivity index (χ0) is 18.8. The quantitative estimate of drug-likeness (QED) is 0.205. The summed E-state index contributed by atoms with van der Waals surface area (Å²) in [6.45, 7) is 0. The van der Waals surface area contributed by atoms with Crippen LogP contribution in [0, 0.1) is 7.53 Å². The highest BCUT2D eigenvalue weighted by Crippen LogP contribution is 2.08. The minimum absolute atomic E-state index is 0.214. The van der Waals surface area contributed by atoms with Crippen LogP contribution in [0.3, 0.4) is 0 Å². The van der Waals surface area contributed by atoms with Crippen LogP contribution >= 0.6 is 45.2 Å². The topological polar surface area (TPSA) is 109 Å². The molecule has 0 saturated carbocycles. The van der Waals surface area contributed by atoms with Gasteiger partial charge in [-0.25, -0.2) is 10.9 Å². The van der Waals surface area contributed by atoms with Crippen molar-refractivity contribution in [2.45, 2.75) is 25.7 Å². The first-order valence-electron chi connectivity index (χ1n) is 7.67. The van der Waals surface area contributed by atoms with E-state index in [0.717, 1.165) is 7.53 Å². The van der Waals surface area contributed by atoms with Crippen molar-refractivity contribution in [3.8, 4) is 0 Å². The van der Waals surface area contributed by atoms with Gasteiger partial charge in [0.1, 0.15) is 11.5 Å². The predicted molar refractivity (Wildman–Crippen MR) is 113 cm³/mol. The van der Waals surface area contributed by atoms with Crippen LogP contribution in [0.1, 0.15) is 37.2 Å². The molecule has 0 spiro atoms. The first-order valence-corrected chi connectivity index (χ1v) is 9.83. The molecule has 8 nitrogen and oxygen atoms in total. The summed E-state index contributed by atoms with van der Waals surface area (Å²) in [6, 6.07) is 7.11. The minimum atomic E-state index is -0.214. The second-order valence-corrected chi connectivity index (χ2v) is 7.20. The first kappa shape index (κ1) is 20.6. The molecular formula is C16H16I2N4O4. The summed E-state index contributed by atoms with van der Waals surface area (Å²) in [5.41, 5.74) is 4.83. The highest BCUT2D eigenvalue weighted by molar-refractivity contribution is 14.1. The lowest BCUT2D eigenvalue weighted by Gasteiger charge is -2.00. The maximum atomic E-state index is 11.6. The van der Waals surface area contributed by atoms with Gasteiger partial charge in [-0.15, -0.1) is 0 Å². The van der Waals surface area contributed by atoms with E-state index in [-0.39, 0.29) is 24.7 Å². The molecule has 2 rings (SSSR count). The molecule has 138 valence electrons. The number of carbonyl (C=O) groups is 2. The largest absolute Gasteiger partial charge is 0.449 e. The van der Waals surface area contributed by atoms with E-state index in [1.807, 2.05) is 45.2 Å². The second-order valence-electron chi connectivity index (χ2n) is 5.08. The van der Waals surface area contributed by atoms with Crippen molar-refractivity contribution in [3.05, 3.63) is 43.3 Å². The van der Waals surface area contributed by atoms with Crippen molar-refractivity contribution in [3.63, 3.8) is 0 Å². The van der Waals surface area contributed by atoms with Crippen molar-refractivity contribution in [1.82, 2.24) is 10.9 Å². The Morgan fingerprint density at radius 3 is 1.62 bits per heavy atom. The number of hydrogen-bond donors (Lipinski definition) is 2. The van der Waals surface area contributed by atoms with E-state index in [9.17, 15) is 9.59 Å². The third-order valence-corrected chi connectivity index (χ3v) is 4.17. The van der Waals surface area contributed by atoms with Gasteiger partial charge in [-0.05, 0) is 82.3 Å². The van der Waals surface area contributed by atoms with Crippen molar-refractivity contribution >= 4 is 69.4 Å². The molecule has 2 aromatic heterocycles. The SMILES string of the molecule is O=C(CCCCC(=O)N/N=C\c1ccc(I)o1)N/N=C\c1ccc(I)o1. The Morgan fingerprint density at radius 2 is 1.27 bits per heavy atom. The lowest BCUT2D eigenvalue weighted by Crippen LogP contribution is -2.18. The van der Waals surface area contributed by atoms with Crippen LogP contribution in [0.2, 0.25) is 0 Å². The van der Waals surface area contributed by atoms with Gasteiger partial charge in [0.15, 0.2) is 7.53 Å². The van der Waals surface area contributed by atoms with E-state index >= 15 is 0 Å². The summed E-state index contributed by atoms with van der Waals surface area (Å²) in [5.74, 6) is 0.703.